The van der Waals surface area contributed by atoms with Crippen LogP contribution < -0.4 is 5.73 Å². The summed E-state index contributed by atoms with van der Waals surface area (Å²) in [4.78, 5) is 14.3. The average molecular weight is 238 g/mol. The van der Waals surface area contributed by atoms with Crippen LogP contribution in [0.25, 0.3) is 0 Å². The molecule has 2 N–H and O–H groups in total. The van der Waals surface area contributed by atoms with Crippen LogP contribution in [0.4, 0.5) is 0 Å². The zero-order valence-electron chi connectivity index (χ0n) is 11.2. The second kappa shape index (κ2) is 4.97. The van der Waals surface area contributed by atoms with Gasteiger partial charge in [0.2, 0.25) is 5.91 Å². The van der Waals surface area contributed by atoms with Gasteiger partial charge < -0.3 is 10.6 Å². The van der Waals surface area contributed by atoms with Gasteiger partial charge in [0, 0.05) is 25.0 Å². The van der Waals surface area contributed by atoms with Gasteiger partial charge in [0.15, 0.2) is 0 Å². The van der Waals surface area contributed by atoms with Gasteiger partial charge in [-0.1, -0.05) is 26.7 Å². The van der Waals surface area contributed by atoms with Crippen LogP contribution in [-0.2, 0) is 4.79 Å². The molecule has 0 aromatic rings. The Kier molecular flexibility index (Phi) is 3.76. The molecule has 17 heavy (non-hydrogen) atoms. The second-order valence-corrected chi connectivity index (χ2v) is 6.38. The Labute approximate surface area is 105 Å². The lowest BCUT2D eigenvalue weighted by molar-refractivity contribution is -0.131. The molecule has 0 radical (unpaired) electrons. The maximum atomic E-state index is 12.2. The Bertz CT molecular complexity index is 282. The molecule has 98 valence electrons. The first-order valence-electron chi connectivity index (χ1n) is 7.07. The number of amides is 1. The van der Waals surface area contributed by atoms with Gasteiger partial charge >= 0.3 is 0 Å². The molecular formula is C14H26N2O. The molecular weight excluding hydrogens is 212 g/mol. The van der Waals surface area contributed by atoms with Crippen molar-refractivity contribution >= 4 is 5.91 Å². The van der Waals surface area contributed by atoms with Gasteiger partial charge in [-0.05, 0) is 31.1 Å². The van der Waals surface area contributed by atoms with Crippen LogP contribution in [0.15, 0.2) is 0 Å². The minimum Gasteiger partial charge on any atom is -0.342 e. The highest BCUT2D eigenvalue weighted by Gasteiger charge is 2.35. The lowest BCUT2D eigenvalue weighted by atomic mass is 9.94. The van der Waals surface area contributed by atoms with Crippen LogP contribution in [-0.4, -0.2) is 29.4 Å². The second-order valence-electron chi connectivity index (χ2n) is 6.38. The first kappa shape index (κ1) is 12.9. The summed E-state index contributed by atoms with van der Waals surface area (Å²) in [5.74, 6) is 1.67. The van der Waals surface area contributed by atoms with Gasteiger partial charge in [-0.15, -0.1) is 0 Å². The fraction of sp³-hybridized carbons (Fsp3) is 0.929. The van der Waals surface area contributed by atoms with Crippen molar-refractivity contribution in [2.45, 2.75) is 57.9 Å². The van der Waals surface area contributed by atoms with Crippen molar-refractivity contribution in [1.82, 2.24) is 4.90 Å². The third-order valence-electron chi connectivity index (χ3n) is 4.62. The van der Waals surface area contributed by atoms with E-state index in [-0.39, 0.29) is 11.4 Å². The Balaban J connectivity index is 1.85. The molecule has 1 saturated heterocycles. The topological polar surface area (TPSA) is 46.3 Å². The van der Waals surface area contributed by atoms with Crippen molar-refractivity contribution in [1.29, 1.82) is 0 Å². The van der Waals surface area contributed by atoms with Crippen LogP contribution in [0.1, 0.15) is 52.4 Å². The van der Waals surface area contributed by atoms with Gasteiger partial charge in [-0.3, -0.25) is 4.79 Å². The molecule has 1 atom stereocenters. The van der Waals surface area contributed by atoms with E-state index in [2.05, 4.69) is 13.8 Å². The minimum atomic E-state index is -0.187. The summed E-state index contributed by atoms with van der Waals surface area (Å²) in [7, 11) is 0. The summed E-state index contributed by atoms with van der Waals surface area (Å²) in [5.41, 5.74) is 6.09. The fourth-order valence-corrected chi connectivity index (χ4v) is 3.23. The van der Waals surface area contributed by atoms with Crippen LogP contribution >= 0.6 is 0 Å². The van der Waals surface area contributed by atoms with E-state index in [4.69, 9.17) is 5.73 Å². The smallest absolute Gasteiger partial charge is 0.224 e. The third-order valence-corrected chi connectivity index (χ3v) is 4.62. The summed E-state index contributed by atoms with van der Waals surface area (Å²) in [6, 6.07) is 0. The SMILES string of the molecule is CC(C)C1CCN(C(=O)CC2(N)CCCC2)C1. The van der Waals surface area contributed by atoms with E-state index in [1.165, 1.54) is 19.3 Å². The van der Waals surface area contributed by atoms with Gasteiger partial charge in [0.25, 0.3) is 0 Å². The molecule has 2 fully saturated rings. The zero-order chi connectivity index (χ0) is 12.5. The van der Waals surface area contributed by atoms with E-state index < -0.39 is 0 Å². The van der Waals surface area contributed by atoms with Crippen LogP contribution in [0, 0.1) is 11.8 Å². The molecule has 1 aliphatic heterocycles. The van der Waals surface area contributed by atoms with Gasteiger partial charge in [-0.2, -0.15) is 0 Å². The van der Waals surface area contributed by atoms with Crippen LogP contribution in [0.3, 0.4) is 0 Å². The number of nitrogens with two attached hydrogens (primary N) is 1. The number of carbonyl (C=O) groups excluding carboxylic acids is 1. The van der Waals surface area contributed by atoms with Crippen molar-refractivity contribution in [3.63, 3.8) is 0 Å². The average Bonchev–Trinajstić information content (AvgIpc) is 2.86. The van der Waals surface area contributed by atoms with Crippen LogP contribution in [0.5, 0.6) is 0 Å². The lowest BCUT2D eigenvalue weighted by Gasteiger charge is -2.26. The highest BCUT2D eigenvalue weighted by Crippen LogP contribution is 2.32. The van der Waals surface area contributed by atoms with E-state index in [0.29, 0.717) is 18.3 Å². The first-order valence-corrected chi connectivity index (χ1v) is 7.07. The molecule has 1 aliphatic carbocycles. The summed E-state index contributed by atoms with van der Waals surface area (Å²) in [6.07, 6.45) is 6.18. The molecule has 2 aliphatic rings. The summed E-state index contributed by atoms with van der Waals surface area (Å²) in [6.45, 7) is 6.39. The predicted molar refractivity (Wildman–Crippen MR) is 69.5 cm³/mol. The summed E-state index contributed by atoms with van der Waals surface area (Å²) < 4.78 is 0. The van der Waals surface area contributed by atoms with E-state index in [1.54, 1.807) is 0 Å². The number of likely N-dealkylation sites (tertiary alicyclic amines) is 1. The van der Waals surface area contributed by atoms with Crippen LogP contribution in [0.2, 0.25) is 0 Å². The quantitative estimate of drug-likeness (QED) is 0.819. The number of rotatable bonds is 3. The predicted octanol–water partition coefficient (Wildman–Crippen LogP) is 2.15. The molecule has 1 heterocycles. The van der Waals surface area contributed by atoms with Crippen molar-refractivity contribution in [2.24, 2.45) is 17.6 Å². The Morgan fingerprint density at radius 1 is 1.41 bits per heavy atom. The number of nitrogens with zero attached hydrogens (tertiary/aromatic N) is 1. The zero-order valence-corrected chi connectivity index (χ0v) is 11.2. The Hall–Kier alpha value is -0.570. The molecule has 0 aromatic carbocycles. The number of hydrogen-bond donors (Lipinski definition) is 1. The number of hydrogen-bond acceptors (Lipinski definition) is 2. The van der Waals surface area contributed by atoms with Crippen molar-refractivity contribution < 1.29 is 4.79 Å². The molecule has 1 unspecified atom stereocenters. The minimum absolute atomic E-state index is 0.187. The first-order chi connectivity index (χ1) is 8.00. The Morgan fingerprint density at radius 3 is 2.59 bits per heavy atom. The summed E-state index contributed by atoms with van der Waals surface area (Å²) in [5, 5.41) is 0. The highest BCUT2D eigenvalue weighted by atomic mass is 16.2. The number of carbonyl (C=O) groups is 1. The summed E-state index contributed by atoms with van der Waals surface area (Å²) >= 11 is 0. The van der Waals surface area contributed by atoms with Crippen molar-refractivity contribution in [2.75, 3.05) is 13.1 Å². The molecule has 3 heteroatoms. The largest absolute Gasteiger partial charge is 0.342 e. The monoisotopic (exact) mass is 238 g/mol. The van der Waals surface area contributed by atoms with Crippen molar-refractivity contribution in [3.05, 3.63) is 0 Å². The molecule has 1 amide bonds. The van der Waals surface area contributed by atoms with E-state index in [1.807, 2.05) is 4.90 Å². The Morgan fingerprint density at radius 2 is 2.06 bits per heavy atom. The molecule has 2 rings (SSSR count). The molecule has 0 bridgehead atoms. The van der Waals surface area contributed by atoms with E-state index in [0.717, 1.165) is 25.9 Å². The van der Waals surface area contributed by atoms with Gasteiger partial charge in [-0.25, -0.2) is 0 Å². The van der Waals surface area contributed by atoms with E-state index in [9.17, 15) is 4.79 Å². The highest BCUT2D eigenvalue weighted by molar-refractivity contribution is 5.77. The fourth-order valence-electron chi connectivity index (χ4n) is 3.23. The van der Waals surface area contributed by atoms with Crippen molar-refractivity contribution in [3.8, 4) is 0 Å². The van der Waals surface area contributed by atoms with Gasteiger partial charge in [0.1, 0.15) is 0 Å². The molecule has 1 saturated carbocycles. The molecule has 3 nitrogen and oxygen atoms in total. The molecule has 0 aromatic heterocycles. The maximum absolute atomic E-state index is 12.2. The molecule has 0 spiro atoms. The maximum Gasteiger partial charge on any atom is 0.224 e. The lowest BCUT2D eigenvalue weighted by Crippen LogP contribution is -2.43. The van der Waals surface area contributed by atoms with E-state index >= 15 is 0 Å². The third kappa shape index (κ3) is 3.01. The standard InChI is InChI=1S/C14H26N2O/c1-11(2)12-5-8-16(10-12)13(17)9-14(15)6-3-4-7-14/h11-12H,3-10,15H2,1-2H3. The van der Waals surface area contributed by atoms with Gasteiger partial charge in [0.05, 0.1) is 0 Å². The normalized spacial score (nSPS) is 28.0.